The fourth-order valence-electron chi connectivity index (χ4n) is 3.64. The van der Waals surface area contributed by atoms with E-state index in [2.05, 4.69) is 60.5 Å². The molecular formula is C23H27N3O2. The molecule has 1 aromatic heterocycles. The SMILES string of the molecule is CCOc1cc2c(cc1CN[C@@H](C)c1ccc(-n3ccnc3)cc1)O[C@@H](C)C2. The molecule has 3 aromatic rings. The maximum atomic E-state index is 5.93. The van der Waals surface area contributed by atoms with E-state index in [9.17, 15) is 0 Å². The zero-order valence-corrected chi connectivity index (χ0v) is 16.7. The molecule has 0 radical (unpaired) electrons. The van der Waals surface area contributed by atoms with Crippen molar-refractivity contribution in [3.8, 4) is 17.2 Å². The smallest absolute Gasteiger partial charge is 0.124 e. The number of benzene rings is 2. The van der Waals surface area contributed by atoms with E-state index < -0.39 is 0 Å². The molecule has 5 nitrogen and oxygen atoms in total. The van der Waals surface area contributed by atoms with Gasteiger partial charge >= 0.3 is 0 Å². The Hall–Kier alpha value is -2.79. The Bertz CT molecular complexity index is 920. The lowest BCUT2D eigenvalue weighted by molar-refractivity contribution is 0.254. The molecule has 0 amide bonds. The molecule has 0 bridgehead atoms. The number of nitrogens with one attached hydrogen (secondary N) is 1. The number of hydrogen-bond acceptors (Lipinski definition) is 4. The Labute approximate surface area is 166 Å². The summed E-state index contributed by atoms with van der Waals surface area (Å²) < 4.78 is 13.8. The highest BCUT2D eigenvalue weighted by atomic mass is 16.5. The Morgan fingerprint density at radius 3 is 2.82 bits per heavy atom. The molecule has 4 rings (SSSR count). The predicted octanol–water partition coefficient (Wildman–Crippen LogP) is 4.45. The summed E-state index contributed by atoms with van der Waals surface area (Å²) in [4.78, 5) is 4.10. The molecule has 1 N–H and O–H groups in total. The first-order valence-electron chi connectivity index (χ1n) is 9.91. The van der Waals surface area contributed by atoms with Gasteiger partial charge in [0.15, 0.2) is 0 Å². The van der Waals surface area contributed by atoms with Crippen LogP contribution < -0.4 is 14.8 Å². The lowest BCUT2D eigenvalue weighted by atomic mass is 10.0. The average molecular weight is 377 g/mol. The second kappa shape index (κ2) is 8.07. The Kier molecular flexibility index (Phi) is 5.35. The van der Waals surface area contributed by atoms with Gasteiger partial charge in [-0.25, -0.2) is 4.98 Å². The van der Waals surface area contributed by atoms with Gasteiger partial charge in [-0.05, 0) is 50.6 Å². The van der Waals surface area contributed by atoms with Crippen molar-refractivity contribution >= 4 is 0 Å². The van der Waals surface area contributed by atoms with Crippen LogP contribution in [0.25, 0.3) is 5.69 Å². The summed E-state index contributed by atoms with van der Waals surface area (Å²) in [6, 6.07) is 13.0. The largest absolute Gasteiger partial charge is 0.494 e. The summed E-state index contributed by atoms with van der Waals surface area (Å²) in [5.41, 5.74) is 4.73. The van der Waals surface area contributed by atoms with E-state index in [1.165, 1.54) is 11.1 Å². The van der Waals surface area contributed by atoms with Crippen LogP contribution in [0.3, 0.4) is 0 Å². The van der Waals surface area contributed by atoms with Gasteiger partial charge in [-0.1, -0.05) is 12.1 Å². The highest BCUT2D eigenvalue weighted by Gasteiger charge is 2.22. The Morgan fingerprint density at radius 2 is 2.11 bits per heavy atom. The minimum absolute atomic E-state index is 0.222. The topological polar surface area (TPSA) is 48.3 Å². The van der Waals surface area contributed by atoms with Gasteiger partial charge in [0.05, 0.1) is 12.9 Å². The maximum absolute atomic E-state index is 5.93. The zero-order valence-electron chi connectivity index (χ0n) is 16.7. The number of ether oxygens (including phenoxy) is 2. The van der Waals surface area contributed by atoms with Crippen LogP contribution in [0.15, 0.2) is 55.1 Å². The summed E-state index contributed by atoms with van der Waals surface area (Å²) in [5, 5.41) is 3.62. The van der Waals surface area contributed by atoms with Crippen LogP contribution in [0.1, 0.15) is 43.5 Å². The fourth-order valence-corrected chi connectivity index (χ4v) is 3.64. The highest BCUT2D eigenvalue weighted by Crippen LogP contribution is 2.35. The van der Waals surface area contributed by atoms with E-state index >= 15 is 0 Å². The predicted molar refractivity (Wildman–Crippen MR) is 110 cm³/mol. The molecule has 0 unspecified atom stereocenters. The molecule has 1 aliphatic heterocycles. The van der Waals surface area contributed by atoms with Crippen molar-refractivity contribution in [2.24, 2.45) is 0 Å². The normalized spacial score (nSPS) is 16.5. The molecule has 28 heavy (non-hydrogen) atoms. The Morgan fingerprint density at radius 1 is 1.29 bits per heavy atom. The van der Waals surface area contributed by atoms with E-state index in [1.807, 2.05) is 24.0 Å². The number of imidazole rings is 1. The van der Waals surface area contributed by atoms with Crippen LogP contribution in [0.2, 0.25) is 0 Å². The van der Waals surface area contributed by atoms with E-state index in [1.54, 1.807) is 6.20 Å². The van der Waals surface area contributed by atoms with E-state index in [0.29, 0.717) is 6.61 Å². The van der Waals surface area contributed by atoms with Gasteiger partial charge in [0.2, 0.25) is 0 Å². The molecular weight excluding hydrogens is 350 g/mol. The Balaban J connectivity index is 1.46. The molecule has 2 aromatic carbocycles. The third-order valence-electron chi connectivity index (χ3n) is 5.17. The van der Waals surface area contributed by atoms with Crippen molar-refractivity contribution < 1.29 is 9.47 Å². The summed E-state index contributed by atoms with van der Waals surface area (Å²) in [5.74, 6) is 1.94. The molecule has 2 atom stereocenters. The first-order chi connectivity index (χ1) is 13.6. The van der Waals surface area contributed by atoms with Crippen LogP contribution >= 0.6 is 0 Å². The zero-order chi connectivity index (χ0) is 19.5. The third kappa shape index (κ3) is 3.90. The van der Waals surface area contributed by atoms with Crippen molar-refractivity contribution in [3.05, 3.63) is 71.8 Å². The van der Waals surface area contributed by atoms with Crippen molar-refractivity contribution in [2.75, 3.05) is 6.61 Å². The average Bonchev–Trinajstić information content (AvgIpc) is 3.35. The standard InChI is InChI=1S/C23H27N3O2/c1-4-27-22-12-19-11-16(2)28-23(19)13-20(22)14-25-17(3)18-5-7-21(8-6-18)26-10-9-24-15-26/h5-10,12-13,15-17,25H,4,11,14H2,1-3H3/t16-,17-/m0/s1. The summed E-state index contributed by atoms with van der Waals surface area (Å²) in [7, 11) is 0. The number of hydrogen-bond donors (Lipinski definition) is 1. The minimum atomic E-state index is 0.222. The molecule has 0 fully saturated rings. The second-order valence-corrected chi connectivity index (χ2v) is 7.30. The summed E-state index contributed by atoms with van der Waals surface area (Å²) in [6.07, 6.45) is 6.73. The highest BCUT2D eigenvalue weighted by molar-refractivity contribution is 5.48. The van der Waals surface area contributed by atoms with Gasteiger partial charge in [-0.3, -0.25) is 0 Å². The molecule has 0 spiro atoms. The van der Waals surface area contributed by atoms with Crippen LogP contribution in [-0.2, 0) is 13.0 Å². The molecule has 2 heterocycles. The molecule has 0 saturated carbocycles. The van der Waals surface area contributed by atoms with Gasteiger partial charge < -0.3 is 19.4 Å². The fraction of sp³-hybridized carbons (Fsp3) is 0.348. The molecule has 146 valence electrons. The summed E-state index contributed by atoms with van der Waals surface area (Å²) in [6.45, 7) is 7.69. The van der Waals surface area contributed by atoms with Gasteiger partial charge in [-0.2, -0.15) is 0 Å². The van der Waals surface area contributed by atoms with E-state index in [0.717, 1.165) is 35.7 Å². The van der Waals surface area contributed by atoms with Gasteiger partial charge in [0.25, 0.3) is 0 Å². The van der Waals surface area contributed by atoms with Crippen LogP contribution in [-0.4, -0.2) is 22.3 Å². The molecule has 0 aliphatic carbocycles. The van der Waals surface area contributed by atoms with Crippen molar-refractivity contribution in [3.63, 3.8) is 0 Å². The quantitative estimate of drug-likeness (QED) is 0.661. The van der Waals surface area contributed by atoms with Crippen molar-refractivity contribution in [1.82, 2.24) is 14.9 Å². The van der Waals surface area contributed by atoms with Gasteiger partial charge in [0, 0.05) is 48.2 Å². The van der Waals surface area contributed by atoms with Gasteiger partial charge in [0.1, 0.15) is 17.6 Å². The third-order valence-corrected chi connectivity index (χ3v) is 5.17. The number of nitrogens with zero attached hydrogens (tertiary/aromatic N) is 2. The lowest BCUT2D eigenvalue weighted by Gasteiger charge is -2.18. The van der Waals surface area contributed by atoms with Crippen LogP contribution in [0.5, 0.6) is 11.5 Å². The number of aromatic nitrogens is 2. The van der Waals surface area contributed by atoms with E-state index in [4.69, 9.17) is 9.47 Å². The molecule has 5 heteroatoms. The monoisotopic (exact) mass is 377 g/mol. The number of rotatable bonds is 7. The second-order valence-electron chi connectivity index (χ2n) is 7.30. The first-order valence-corrected chi connectivity index (χ1v) is 9.91. The van der Waals surface area contributed by atoms with Crippen molar-refractivity contribution in [2.45, 2.75) is 45.9 Å². The molecule has 1 aliphatic rings. The maximum Gasteiger partial charge on any atom is 0.124 e. The first kappa shape index (κ1) is 18.6. The van der Waals surface area contributed by atoms with Gasteiger partial charge in [-0.15, -0.1) is 0 Å². The van der Waals surface area contributed by atoms with E-state index in [-0.39, 0.29) is 12.1 Å². The summed E-state index contributed by atoms with van der Waals surface area (Å²) >= 11 is 0. The minimum Gasteiger partial charge on any atom is -0.494 e. The van der Waals surface area contributed by atoms with Crippen LogP contribution in [0, 0.1) is 0 Å². The van der Waals surface area contributed by atoms with Crippen molar-refractivity contribution in [1.29, 1.82) is 0 Å². The van der Waals surface area contributed by atoms with Crippen LogP contribution in [0.4, 0.5) is 0 Å². The lowest BCUT2D eigenvalue weighted by Crippen LogP contribution is -2.18. The number of fused-ring (bicyclic) bond motifs is 1. The molecule has 0 saturated heterocycles.